The Kier molecular flexibility index (Phi) is 6.16. The number of halogens is 4. The number of rotatable bonds is 5. The molecule has 31 heavy (non-hydrogen) atoms. The molecule has 0 aliphatic carbocycles. The van der Waals surface area contributed by atoms with E-state index in [2.05, 4.69) is 5.32 Å². The van der Waals surface area contributed by atoms with Gasteiger partial charge in [-0.25, -0.2) is 13.2 Å². The van der Waals surface area contributed by atoms with Crippen LogP contribution in [0.1, 0.15) is 16.8 Å². The van der Waals surface area contributed by atoms with Crippen LogP contribution in [0.15, 0.2) is 30.3 Å². The molecule has 2 saturated heterocycles. The zero-order valence-electron chi connectivity index (χ0n) is 16.4. The summed E-state index contributed by atoms with van der Waals surface area (Å²) in [5.74, 6) is -3.72. The maximum absolute atomic E-state index is 14.6. The van der Waals surface area contributed by atoms with E-state index in [1.165, 1.54) is 17.0 Å². The van der Waals surface area contributed by atoms with Crippen molar-refractivity contribution in [3.05, 3.63) is 56.9 Å². The van der Waals surface area contributed by atoms with Crippen molar-refractivity contribution in [3.8, 4) is 0 Å². The van der Waals surface area contributed by atoms with Crippen LogP contribution in [-0.2, 0) is 0 Å². The summed E-state index contributed by atoms with van der Waals surface area (Å²) >= 11 is 1.92. The van der Waals surface area contributed by atoms with E-state index >= 15 is 0 Å². The van der Waals surface area contributed by atoms with Gasteiger partial charge in [-0.15, -0.1) is 0 Å². The van der Waals surface area contributed by atoms with Crippen molar-refractivity contribution in [2.45, 2.75) is 18.1 Å². The van der Waals surface area contributed by atoms with Gasteiger partial charge in [-0.2, -0.15) is 0 Å². The zero-order valence-corrected chi connectivity index (χ0v) is 18.6. The predicted molar refractivity (Wildman–Crippen MR) is 117 cm³/mol. The Hall–Kier alpha value is -1.89. The number of nitrogens with one attached hydrogen (secondary N) is 1. The average Bonchev–Trinajstić information content (AvgIpc) is 3.09. The standard InChI is InChI=1S/C21H21F3IN3O3/c22-15-3-2-14(19(18(15)24)26-17-4-1-12(25)7-16(17)23)20(30)28-10-21(31,11-28)9-27-6-5-13(29)8-27/h1-4,7,13,26,29,31H,5-6,8-11H2. The molecule has 0 aromatic heterocycles. The first-order chi connectivity index (χ1) is 14.6. The quantitative estimate of drug-likeness (QED) is 0.503. The fraction of sp³-hybridized carbons (Fsp3) is 0.381. The van der Waals surface area contributed by atoms with Crippen molar-refractivity contribution in [2.24, 2.45) is 0 Å². The number of nitrogens with zero attached hydrogens (tertiary/aromatic N) is 2. The Morgan fingerprint density at radius 3 is 2.58 bits per heavy atom. The number of hydrogen-bond acceptors (Lipinski definition) is 5. The lowest BCUT2D eigenvalue weighted by Gasteiger charge is -2.48. The van der Waals surface area contributed by atoms with Crippen molar-refractivity contribution >= 4 is 39.9 Å². The van der Waals surface area contributed by atoms with Gasteiger partial charge in [0.05, 0.1) is 36.1 Å². The number of hydrogen-bond donors (Lipinski definition) is 3. The van der Waals surface area contributed by atoms with Gasteiger partial charge in [0.25, 0.3) is 5.91 Å². The number of likely N-dealkylation sites (tertiary alicyclic amines) is 2. The van der Waals surface area contributed by atoms with Gasteiger partial charge >= 0.3 is 0 Å². The predicted octanol–water partition coefficient (Wildman–Crippen LogP) is 2.71. The molecule has 3 N–H and O–H groups in total. The van der Waals surface area contributed by atoms with Gasteiger partial charge in [0, 0.05) is 23.2 Å². The van der Waals surface area contributed by atoms with E-state index in [0.717, 1.165) is 12.1 Å². The number of anilines is 2. The van der Waals surface area contributed by atoms with Crippen molar-refractivity contribution in [1.29, 1.82) is 0 Å². The lowest BCUT2D eigenvalue weighted by molar-refractivity contribution is -0.0958. The summed E-state index contributed by atoms with van der Waals surface area (Å²) in [6.07, 6.45) is 0.219. The highest BCUT2D eigenvalue weighted by atomic mass is 127. The van der Waals surface area contributed by atoms with Gasteiger partial charge in [0.1, 0.15) is 11.4 Å². The minimum Gasteiger partial charge on any atom is -0.392 e. The summed E-state index contributed by atoms with van der Waals surface area (Å²) in [6.45, 7) is 1.49. The third kappa shape index (κ3) is 4.66. The molecule has 4 rings (SSSR count). The van der Waals surface area contributed by atoms with Crippen molar-refractivity contribution in [3.63, 3.8) is 0 Å². The van der Waals surface area contributed by atoms with E-state index in [1.807, 2.05) is 27.5 Å². The molecule has 10 heteroatoms. The maximum Gasteiger partial charge on any atom is 0.256 e. The molecular formula is C21H21F3IN3O3. The smallest absolute Gasteiger partial charge is 0.256 e. The van der Waals surface area contributed by atoms with Crippen LogP contribution in [0.25, 0.3) is 0 Å². The van der Waals surface area contributed by atoms with E-state index in [4.69, 9.17) is 0 Å². The van der Waals surface area contributed by atoms with Crippen molar-refractivity contribution in [2.75, 3.05) is 38.0 Å². The Morgan fingerprint density at radius 2 is 1.94 bits per heavy atom. The number of β-amino-alcohol motifs (C(OH)–C–C–N with tert-alkyl or cyclic N) is 2. The molecule has 1 unspecified atom stereocenters. The van der Waals surface area contributed by atoms with Gasteiger partial charge < -0.3 is 20.4 Å². The average molecular weight is 547 g/mol. The first kappa shape index (κ1) is 22.3. The Morgan fingerprint density at radius 1 is 1.19 bits per heavy atom. The van der Waals surface area contributed by atoms with E-state index < -0.39 is 40.8 Å². The number of carbonyl (C=O) groups is 1. The molecule has 1 atom stereocenters. The Balaban J connectivity index is 1.52. The third-order valence-electron chi connectivity index (χ3n) is 5.54. The lowest BCUT2D eigenvalue weighted by Crippen LogP contribution is -2.67. The van der Waals surface area contributed by atoms with Crippen LogP contribution in [0.3, 0.4) is 0 Å². The van der Waals surface area contributed by atoms with Crippen LogP contribution in [0.4, 0.5) is 24.5 Å². The van der Waals surface area contributed by atoms with Crippen LogP contribution in [-0.4, -0.2) is 70.3 Å². The summed E-state index contributed by atoms with van der Waals surface area (Å²) < 4.78 is 43.3. The summed E-state index contributed by atoms with van der Waals surface area (Å²) in [5, 5.41) is 22.8. The minimum absolute atomic E-state index is 0.0226. The number of aliphatic hydroxyl groups is 2. The second-order valence-electron chi connectivity index (χ2n) is 8.10. The molecular weight excluding hydrogens is 526 g/mol. The number of benzene rings is 2. The molecule has 2 fully saturated rings. The monoisotopic (exact) mass is 547 g/mol. The number of aliphatic hydroxyl groups excluding tert-OH is 1. The third-order valence-corrected chi connectivity index (χ3v) is 6.21. The van der Waals surface area contributed by atoms with Gasteiger partial charge in [-0.3, -0.25) is 9.69 Å². The first-order valence-corrected chi connectivity index (χ1v) is 10.9. The summed E-state index contributed by atoms with van der Waals surface area (Å²) in [6, 6.07) is 6.18. The molecule has 0 bridgehead atoms. The summed E-state index contributed by atoms with van der Waals surface area (Å²) in [5.41, 5.74) is -1.83. The molecule has 0 radical (unpaired) electrons. The van der Waals surface area contributed by atoms with Gasteiger partial charge in [0.2, 0.25) is 0 Å². The maximum atomic E-state index is 14.6. The van der Waals surface area contributed by atoms with E-state index in [-0.39, 0.29) is 24.3 Å². The fourth-order valence-electron chi connectivity index (χ4n) is 4.03. The number of amides is 1. The molecule has 2 heterocycles. The second-order valence-corrected chi connectivity index (χ2v) is 9.34. The first-order valence-electron chi connectivity index (χ1n) is 9.77. The lowest BCUT2D eigenvalue weighted by atomic mass is 9.92. The van der Waals surface area contributed by atoms with Gasteiger partial charge in [-0.05, 0) is 59.3 Å². The highest BCUT2D eigenvalue weighted by Gasteiger charge is 2.46. The largest absolute Gasteiger partial charge is 0.392 e. The molecule has 166 valence electrons. The van der Waals surface area contributed by atoms with E-state index in [9.17, 15) is 28.2 Å². The summed E-state index contributed by atoms with van der Waals surface area (Å²) in [4.78, 5) is 16.2. The highest BCUT2D eigenvalue weighted by Crippen LogP contribution is 2.32. The minimum atomic E-state index is -1.29. The van der Waals surface area contributed by atoms with Crippen molar-refractivity contribution in [1.82, 2.24) is 9.80 Å². The highest BCUT2D eigenvalue weighted by molar-refractivity contribution is 14.1. The molecule has 0 saturated carbocycles. The van der Waals surface area contributed by atoms with Crippen LogP contribution >= 0.6 is 22.6 Å². The topological polar surface area (TPSA) is 76.0 Å². The van der Waals surface area contributed by atoms with Crippen LogP contribution in [0.2, 0.25) is 0 Å². The van der Waals surface area contributed by atoms with Crippen molar-refractivity contribution < 1.29 is 28.2 Å². The Labute approximate surface area is 190 Å². The van der Waals surface area contributed by atoms with E-state index in [1.54, 1.807) is 6.07 Å². The molecule has 6 nitrogen and oxygen atoms in total. The van der Waals surface area contributed by atoms with Crippen LogP contribution in [0, 0.1) is 21.0 Å². The molecule has 2 aliphatic heterocycles. The second kappa shape index (κ2) is 8.57. The Bertz CT molecular complexity index is 1020. The molecule has 1 amide bonds. The SMILES string of the molecule is O=C(c1ccc(F)c(F)c1Nc1ccc(I)cc1F)N1CC(O)(CN2CCC(O)C2)C1. The molecule has 0 spiro atoms. The van der Waals surface area contributed by atoms with E-state index in [0.29, 0.717) is 29.6 Å². The molecule has 2 aliphatic rings. The van der Waals surface area contributed by atoms with Gasteiger partial charge in [-0.1, -0.05) is 0 Å². The normalized spacial score (nSPS) is 20.6. The summed E-state index contributed by atoms with van der Waals surface area (Å²) in [7, 11) is 0. The fourth-order valence-corrected chi connectivity index (χ4v) is 4.48. The van der Waals surface area contributed by atoms with Gasteiger partial charge in [0.15, 0.2) is 11.6 Å². The van der Waals surface area contributed by atoms with Crippen LogP contribution < -0.4 is 5.32 Å². The zero-order chi connectivity index (χ0) is 22.3. The van der Waals surface area contributed by atoms with Crippen LogP contribution in [0.5, 0.6) is 0 Å². The molecule has 2 aromatic carbocycles. The molecule has 2 aromatic rings. The number of carbonyl (C=O) groups excluding carboxylic acids is 1.